The van der Waals surface area contributed by atoms with Gasteiger partial charge in [-0.05, 0) is 19.8 Å². The van der Waals surface area contributed by atoms with Crippen LogP contribution >= 0.6 is 0 Å². The minimum atomic E-state index is -3.47. The Morgan fingerprint density at radius 1 is 1.40 bits per heavy atom. The number of amides is 1. The van der Waals surface area contributed by atoms with Crippen molar-refractivity contribution in [3.63, 3.8) is 0 Å². The molecule has 1 unspecified atom stereocenters. The van der Waals surface area contributed by atoms with E-state index in [4.69, 9.17) is 5.73 Å². The number of hydrogen-bond acceptors (Lipinski definition) is 4. The monoisotopic (exact) mass is 234 g/mol. The molecule has 15 heavy (non-hydrogen) atoms. The van der Waals surface area contributed by atoms with Gasteiger partial charge in [-0.3, -0.25) is 4.79 Å². The Balaban J connectivity index is 2.81. The molecule has 0 aromatic heterocycles. The van der Waals surface area contributed by atoms with Gasteiger partial charge in [0.15, 0.2) is 4.75 Å². The molecule has 1 aliphatic rings. The zero-order valence-corrected chi connectivity index (χ0v) is 10.3. The average molecular weight is 234 g/mol. The van der Waals surface area contributed by atoms with E-state index < -0.39 is 14.8 Å². The Morgan fingerprint density at radius 2 is 1.87 bits per heavy atom. The predicted molar refractivity (Wildman–Crippen MR) is 57.5 cm³/mol. The van der Waals surface area contributed by atoms with Crippen molar-refractivity contribution >= 4 is 15.9 Å². The van der Waals surface area contributed by atoms with E-state index in [1.165, 1.54) is 13.8 Å². The third-order valence-corrected chi connectivity index (χ3v) is 5.27. The third-order valence-electron chi connectivity index (χ3n) is 2.91. The van der Waals surface area contributed by atoms with Gasteiger partial charge in [-0.15, -0.1) is 0 Å². The van der Waals surface area contributed by atoms with Gasteiger partial charge in [0.25, 0.3) is 15.9 Å². The number of carbonyl (C=O) groups is 1. The Hall–Kier alpha value is -0.620. The van der Waals surface area contributed by atoms with Crippen LogP contribution in [0.1, 0.15) is 27.7 Å². The highest BCUT2D eigenvalue weighted by Crippen LogP contribution is 2.34. The van der Waals surface area contributed by atoms with Crippen LogP contribution in [0, 0.1) is 5.92 Å². The number of hydrogen-bond donors (Lipinski definition) is 1. The molecule has 1 amide bonds. The van der Waals surface area contributed by atoms with Crippen molar-refractivity contribution in [2.75, 3.05) is 6.54 Å². The summed E-state index contributed by atoms with van der Waals surface area (Å²) < 4.78 is 23.0. The maximum absolute atomic E-state index is 11.7. The molecule has 2 N–H and O–H groups in total. The zero-order chi connectivity index (χ0) is 12.0. The summed E-state index contributed by atoms with van der Waals surface area (Å²) in [7, 11) is -3.47. The number of carbonyl (C=O) groups excluding carboxylic acids is 1. The van der Waals surface area contributed by atoms with Crippen molar-refractivity contribution in [3.8, 4) is 0 Å². The molecule has 88 valence electrons. The fourth-order valence-electron chi connectivity index (χ4n) is 1.34. The van der Waals surface area contributed by atoms with E-state index in [9.17, 15) is 13.2 Å². The van der Waals surface area contributed by atoms with Crippen LogP contribution in [0.15, 0.2) is 0 Å². The van der Waals surface area contributed by atoms with Crippen molar-refractivity contribution < 1.29 is 13.2 Å². The van der Waals surface area contributed by atoms with Crippen LogP contribution in [0.3, 0.4) is 0 Å². The van der Waals surface area contributed by atoms with Crippen molar-refractivity contribution in [2.45, 2.75) is 38.5 Å². The molecule has 0 aromatic carbocycles. The van der Waals surface area contributed by atoms with Crippen molar-refractivity contribution in [2.24, 2.45) is 11.7 Å². The molecule has 0 radical (unpaired) electrons. The lowest BCUT2D eigenvalue weighted by molar-refractivity contribution is -0.132. The summed E-state index contributed by atoms with van der Waals surface area (Å²) >= 11 is 0. The Morgan fingerprint density at radius 3 is 2.20 bits per heavy atom. The molecular formula is C9H18N2O3S. The lowest BCUT2D eigenvalue weighted by atomic mass is 10.1. The van der Waals surface area contributed by atoms with E-state index >= 15 is 0 Å². The summed E-state index contributed by atoms with van der Waals surface area (Å²) in [6, 6.07) is -0.306. The smallest absolute Gasteiger partial charge is 0.258 e. The van der Waals surface area contributed by atoms with Gasteiger partial charge in [-0.1, -0.05) is 13.8 Å². The second kappa shape index (κ2) is 3.45. The third kappa shape index (κ3) is 1.65. The fraction of sp³-hybridized carbons (Fsp3) is 0.889. The maximum atomic E-state index is 11.7. The quantitative estimate of drug-likeness (QED) is 0.740. The highest BCUT2D eigenvalue weighted by molar-refractivity contribution is 7.94. The second-order valence-electron chi connectivity index (χ2n) is 4.76. The van der Waals surface area contributed by atoms with Gasteiger partial charge in [0.05, 0.1) is 6.54 Å². The van der Waals surface area contributed by atoms with Crippen LogP contribution in [0.2, 0.25) is 0 Å². The van der Waals surface area contributed by atoms with E-state index in [0.717, 1.165) is 4.31 Å². The van der Waals surface area contributed by atoms with E-state index in [1.807, 2.05) is 13.8 Å². The first-order chi connectivity index (χ1) is 6.62. The molecule has 0 aliphatic carbocycles. The van der Waals surface area contributed by atoms with Crippen LogP contribution < -0.4 is 5.73 Å². The standard InChI is InChI=1S/C9H18N2O3S/c1-6(2)7(10)5-11-8(12)9(3,4)15(11,13)14/h6-7H,5,10H2,1-4H3. The van der Waals surface area contributed by atoms with Gasteiger partial charge in [0.1, 0.15) is 0 Å². The number of sulfonamides is 1. The maximum Gasteiger partial charge on any atom is 0.258 e. The molecular weight excluding hydrogens is 216 g/mol. The van der Waals surface area contributed by atoms with Crippen molar-refractivity contribution in [3.05, 3.63) is 0 Å². The Bertz CT molecular complexity index is 373. The first-order valence-corrected chi connectivity index (χ1v) is 6.38. The molecule has 1 aliphatic heterocycles. The van der Waals surface area contributed by atoms with E-state index in [1.54, 1.807) is 0 Å². The summed E-state index contributed by atoms with van der Waals surface area (Å²) in [5.74, 6) is -0.213. The molecule has 1 saturated heterocycles. The highest BCUT2D eigenvalue weighted by Gasteiger charge is 2.60. The van der Waals surface area contributed by atoms with Crippen molar-refractivity contribution in [1.29, 1.82) is 0 Å². The van der Waals surface area contributed by atoms with E-state index in [0.29, 0.717) is 0 Å². The van der Waals surface area contributed by atoms with Gasteiger partial charge >= 0.3 is 0 Å². The Labute approximate surface area is 90.7 Å². The zero-order valence-electron chi connectivity index (χ0n) is 9.52. The number of nitrogens with two attached hydrogens (primary N) is 1. The summed E-state index contributed by atoms with van der Waals surface area (Å²) in [6.45, 7) is 6.71. The van der Waals surface area contributed by atoms with Gasteiger partial charge in [0, 0.05) is 6.04 Å². The van der Waals surface area contributed by atoms with Crippen molar-refractivity contribution in [1.82, 2.24) is 4.31 Å². The molecule has 0 bridgehead atoms. The molecule has 6 heteroatoms. The summed E-state index contributed by atoms with van der Waals surface area (Å²) in [5.41, 5.74) is 5.74. The van der Waals surface area contributed by atoms with Crippen LogP contribution in [0.5, 0.6) is 0 Å². The molecule has 1 fully saturated rings. The van der Waals surface area contributed by atoms with Crippen LogP contribution in [-0.2, 0) is 14.8 Å². The van der Waals surface area contributed by atoms with Crippen LogP contribution in [0.4, 0.5) is 0 Å². The fourth-order valence-corrected chi connectivity index (χ4v) is 2.90. The molecule has 0 spiro atoms. The van der Waals surface area contributed by atoms with Gasteiger partial charge in [-0.2, -0.15) is 0 Å². The largest absolute Gasteiger partial charge is 0.326 e. The summed E-state index contributed by atoms with van der Waals surface area (Å²) in [4.78, 5) is 11.5. The summed E-state index contributed by atoms with van der Waals surface area (Å²) in [6.07, 6.45) is 0. The van der Waals surface area contributed by atoms with E-state index in [-0.39, 0.29) is 24.4 Å². The van der Waals surface area contributed by atoms with Crippen LogP contribution in [0.25, 0.3) is 0 Å². The molecule has 1 atom stereocenters. The topological polar surface area (TPSA) is 80.5 Å². The van der Waals surface area contributed by atoms with Crippen LogP contribution in [-0.4, -0.2) is 36.0 Å². The number of nitrogens with zero attached hydrogens (tertiary/aromatic N) is 1. The molecule has 1 rings (SSSR count). The molecule has 0 aromatic rings. The minimum Gasteiger partial charge on any atom is -0.326 e. The molecule has 0 saturated carbocycles. The predicted octanol–water partition coefficient (Wildman–Crippen LogP) is -0.0797. The van der Waals surface area contributed by atoms with Gasteiger partial charge in [0.2, 0.25) is 0 Å². The molecule has 5 nitrogen and oxygen atoms in total. The first kappa shape index (κ1) is 12.4. The average Bonchev–Trinajstić information content (AvgIpc) is 2.11. The lowest BCUT2D eigenvalue weighted by Crippen LogP contribution is -2.69. The lowest BCUT2D eigenvalue weighted by Gasteiger charge is -2.44. The first-order valence-electron chi connectivity index (χ1n) is 4.94. The Kier molecular flexibility index (Phi) is 2.86. The molecule has 1 heterocycles. The number of rotatable bonds is 3. The van der Waals surface area contributed by atoms with E-state index in [2.05, 4.69) is 0 Å². The normalized spacial score (nSPS) is 25.2. The minimum absolute atomic E-state index is 0.0856. The SMILES string of the molecule is CC(C)C(N)CN1C(=O)C(C)(C)S1(=O)=O. The highest BCUT2D eigenvalue weighted by atomic mass is 32.2. The van der Waals surface area contributed by atoms with Gasteiger partial charge < -0.3 is 5.73 Å². The second-order valence-corrected chi connectivity index (χ2v) is 7.17. The summed E-state index contributed by atoms with van der Waals surface area (Å²) in [5, 5.41) is 0. The van der Waals surface area contributed by atoms with Gasteiger partial charge in [-0.25, -0.2) is 12.7 Å².